The SMILES string of the molecule is CCN[C@H](C)CNC(=O)c1ccc(C(F)(F)F)cc1.Cl. The van der Waals surface area contributed by atoms with Gasteiger partial charge in [-0.1, -0.05) is 6.92 Å². The normalized spacial score (nSPS) is 12.4. The number of halogens is 4. The van der Waals surface area contributed by atoms with Crippen molar-refractivity contribution >= 4 is 18.3 Å². The Morgan fingerprint density at radius 3 is 2.25 bits per heavy atom. The molecule has 0 bridgehead atoms. The zero-order chi connectivity index (χ0) is 14.5. The number of amides is 1. The van der Waals surface area contributed by atoms with E-state index in [9.17, 15) is 18.0 Å². The maximum Gasteiger partial charge on any atom is 0.416 e. The maximum atomic E-state index is 12.4. The monoisotopic (exact) mass is 310 g/mol. The van der Waals surface area contributed by atoms with Gasteiger partial charge < -0.3 is 10.6 Å². The minimum Gasteiger partial charge on any atom is -0.350 e. The predicted octanol–water partition coefficient (Wildman–Crippen LogP) is 2.86. The number of rotatable bonds is 5. The van der Waals surface area contributed by atoms with E-state index in [1.807, 2.05) is 13.8 Å². The topological polar surface area (TPSA) is 41.1 Å². The molecule has 0 aliphatic rings. The third-order valence-electron chi connectivity index (χ3n) is 2.60. The number of carbonyl (C=O) groups is 1. The molecule has 0 spiro atoms. The van der Waals surface area contributed by atoms with Crippen LogP contribution in [0.4, 0.5) is 13.2 Å². The fraction of sp³-hybridized carbons (Fsp3) is 0.462. The van der Waals surface area contributed by atoms with E-state index in [2.05, 4.69) is 10.6 Å². The summed E-state index contributed by atoms with van der Waals surface area (Å²) in [7, 11) is 0. The predicted molar refractivity (Wildman–Crippen MR) is 74.2 cm³/mol. The van der Waals surface area contributed by atoms with Crippen LogP contribution in [0.2, 0.25) is 0 Å². The van der Waals surface area contributed by atoms with Crippen LogP contribution in [0.3, 0.4) is 0 Å². The lowest BCUT2D eigenvalue weighted by Crippen LogP contribution is -2.38. The highest BCUT2D eigenvalue weighted by molar-refractivity contribution is 5.94. The van der Waals surface area contributed by atoms with Crippen LogP contribution < -0.4 is 10.6 Å². The summed E-state index contributed by atoms with van der Waals surface area (Å²) < 4.78 is 37.1. The molecule has 0 unspecified atom stereocenters. The number of nitrogens with one attached hydrogen (secondary N) is 2. The minimum atomic E-state index is -4.38. The van der Waals surface area contributed by atoms with E-state index in [-0.39, 0.29) is 29.9 Å². The van der Waals surface area contributed by atoms with Gasteiger partial charge in [-0.3, -0.25) is 4.79 Å². The summed E-state index contributed by atoms with van der Waals surface area (Å²) in [6, 6.07) is 4.28. The van der Waals surface area contributed by atoms with Gasteiger partial charge in [0, 0.05) is 18.2 Å². The lowest BCUT2D eigenvalue weighted by molar-refractivity contribution is -0.137. The summed E-state index contributed by atoms with van der Waals surface area (Å²) >= 11 is 0. The molecule has 0 heterocycles. The van der Waals surface area contributed by atoms with Crippen molar-refractivity contribution in [3.8, 4) is 0 Å². The second-order valence-corrected chi connectivity index (χ2v) is 4.24. The van der Waals surface area contributed by atoms with Gasteiger partial charge in [0.25, 0.3) is 5.91 Å². The van der Waals surface area contributed by atoms with Gasteiger partial charge in [-0.25, -0.2) is 0 Å². The average Bonchev–Trinajstić information content (AvgIpc) is 2.35. The van der Waals surface area contributed by atoms with E-state index < -0.39 is 11.7 Å². The van der Waals surface area contributed by atoms with Gasteiger partial charge in [-0.15, -0.1) is 12.4 Å². The van der Waals surface area contributed by atoms with Gasteiger partial charge in [0.1, 0.15) is 0 Å². The number of benzene rings is 1. The molecular weight excluding hydrogens is 293 g/mol. The van der Waals surface area contributed by atoms with Crippen LogP contribution in [0.25, 0.3) is 0 Å². The Bertz CT molecular complexity index is 421. The summed E-state index contributed by atoms with van der Waals surface area (Å²) in [5, 5.41) is 5.78. The number of alkyl halides is 3. The highest BCUT2D eigenvalue weighted by Crippen LogP contribution is 2.28. The first-order valence-electron chi connectivity index (χ1n) is 6.03. The summed E-state index contributed by atoms with van der Waals surface area (Å²) in [5.74, 6) is -0.376. The Morgan fingerprint density at radius 1 is 1.25 bits per heavy atom. The Balaban J connectivity index is 0.00000361. The molecule has 0 radical (unpaired) electrons. The highest BCUT2D eigenvalue weighted by atomic mass is 35.5. The summed E-state index contributed by atoms with van der Waals surface area (Å²) in [6.07, 6.45) is -4.38. The Kier molecular flexibility index (Phi) is 7.60. The molecule has 1 aromatic rings. The smallest absolute Gasteiger partial charge is 0.350 e. The first-order valence-corrected chi connectivity index (χ1v) is 6.03. The Labute approximate surface area is 122 Å². The van der Waals surface area contributed by atoms with Crippen molar-refractivity contribution in [2.75, 3.05) is 13.1 Å². The standard InChI is InChI=1S/C13H17F3N2O.ClH/c1-3-17-9(2)8-18-12(19)10-4-6-11(7-5-10)13(14,15)16;/h4-7,9,17H,3,8H2,1-2H3,(H,18,19);1H/t9-;/m1./s1. The molecule has 2 N–H and O–H groups in total. The molecule has 3 nitrogen and oxygen atoms in total. The first kappa shape index (κ1) is 18.7. The molecular formula is C13H18ClF3N2O. The van der Waals surface area contributed by atoms with E-state index in [1.54, 1.807) is 0 Å². The van der Waals surface area contributed by atoms with Crippen molar-refractivity contribution in [1.29, 1.82) is 0 Å². The lowest BCUT2D eigenvalue weighted by Gasteiger charge is -2.13. The van der Waals surface area contributed by atoms with Gasteiger partial charge in [0.2, 0.25) is 0 Å². The van der Waals surface area contributed by atoms with Crippen molar-refractivity contribution < 1.29 is 18.0 Å². The van der Waals surface area contributed by atoms with Gasteiger partial charge in [0.15, 0.2) is 0 Å². The van der Waals surface area contributed by atoms with Gasteiger partial charge >= 0.3 is 6.18 Å². The molecule has 1 atom stereocenters. The van der Waals surface area contributed by atoms with Crippen molar-refractivity contribution in [2.45, 2.75) is 26.1 Å². The fourth-order valence-corrected chi connectivity index (χ4v) is 1.58. The largest absolute Gasteiger partial charge is 0.416 e. The van der Waals surface area contributed by atoms with Crippen LogP contribution in [0, 0.1) is 0 Å². The Morgan fingerprint density at radius 2 is 1.80 bits per heavy atom. The zero-order valence-corrected chi connectivity index (χ0v) is 12.1. The molecule has 0 fully saturated rings. The number of carbonyl (C=O) groups excluding carboxylic acids is 1. The third kappa shape index (κ3) is 5.79. The van der Waals surface area contributed by atoms with Crippen molar-refractivity contribution in [1.82, 2.24) is 10.6 Å². The molecule has 7 heteroatoms. The molecule has 20 heavy (non-hydrogen) atoms. The summed E-state index contributed by atoms with van der Waals surface area (Å²) in [4.78, 5) is 11.7. The van der Waals surface area contributed by atoms with Crippen LogP contribution in [0.15, 0.2) is 24.3 Å². The number of hydrogen-bond donors (Lipinski definition) is 2. The van der Waals surface area contributed by atoms with Gasteiger partial charge in [-0.2, -0.15) is 13.2 Å². The number of likely N-dealkylation sites (N-methyl/N-ethyl adjacent to an activating group) is 1. The summed E-state index contributed by atoms with van der Waals surface area (Å²) in [6.45, 7) is 5.08. The molecule has 114 valence electrons. The Hall–Kier alpha value is -1.27. The van der Waals surface area contributed by atoms with E-state index in [1.165, 1.54) is 12.1 Å². The first-order chi connectivity index (χ1) is 8.84. The van der Waals surface area contributed by atoms with E-state index >= 15 is 0 Å². The fourth-order valence-electron chi connectivity index (χ4n) is 1.58. The molecule has 0 aromatic heterocycles. The second-order valence-electron chi connectivity index (χ2n) is 4.24. The molecule has 1 amide bonds. The van der Waals surface area contributed by atoms with Crippen LogP contribution in [0.5, 0.6) is 0 Å². The molecule has 0 aliphatic carbocycles. The van der Waals surface area contributed by atoms with Crippen molar-refractivity contribution in [3.63, 3.8) is 0 Å². The quantitative estimate of drug-likeness (QED) is 0.878. The average molecular weight is 311 g/mol. The number of hydrogen-bond acceptors (Lipinski definition) is 2. The van der Waals surface area contributed by atoms with Crippen molar-refractivity contribution in [3.05, 3.63) is 35.4 Å². The second kappa shape index (κ2) is 8.11. The highest BCUT2D eigenvalue weighted by Gasteiger charge is 2.30. The van der Waals surface area contributed by atoms with E-state index in [0.29, 0.717) is 6.54 Å². The van der Waals surface area contributed by atoms with Crippen molar-refractivity contribution in [2.24, 2.45) is 0 Å². The van der Waals surface area contributed by atoms with E-state index in [0.717, 1.165) is 18.7 Å². The molecule has 0 saturated carbocycles. The summed E-state index contributed by atoms with van der Waals surface area (Å²) in [5.41, 5.74) is -0.540. The molecule has 0 saturated heterocycles. The van der Waals surface area contributed by atoms with Crippen LogP contribution in [-0.4, -0.2) is 25.0 Å². The third-order valence-corrected chi connectivity index (χ3v) is 2.60. The van der Waals surface area contributed by atoms with Crippen LogP contribution in [-0.2, 0) is 6.18 Å². The molecule has 1 aromatic carbocycles. The van der Waals surface area contributed by atoms with Crippen LogP contribution >= 0.6 is 12.4 Å². The molecule has 0 aliphatic heterocycles. The van der Waals surface area contributed by atoms with E-state index in [4.69, 9.17) is 0 Å². The lowest BCUT2D eigenvalue weighted by atomic mass is 10.1. The van der Waals surface area contributed by atoms with Gasteiger partial charge in [0.05, 0.1) is 5.56 Å². The minimum absolute atomic E-state index is 0. The van der Waals surface area contributed by atoms with Gasteiger partial charge in [-0.05, 0) is 37.7 Å². The maximum absolute atomic E-state index is 12.4. The molecule has 1 rings (SSSR count). The van der Waals surface area contributed by atoms with Crippen LogP contribution in [0.1, 0.15) is 29.8 Å². The zero-order valence-electron chi connectivity index (χ0n) is 11.3.